The number of nitrogens with one attached hydrogen (secondary N) is 2. The number of aliphatic carboxylic acids is 2. The van der Waals surface area contributed by atoms with E-state index in [1.165, 1.54) is 11.8 Å². The van der Waals surface area contributed by atoms with E-state index in [1.807, 2.05) is 0 Å². The van der Waals surface area contributed by atoms with Crippen molar-refractivity contribution < 1.29 is 39.0 Å². The minimum atomic E-state index is -1.50. The third kappa shape index (κ3) is 6.81. The summed E-state index contributed by atoms with van der Waals surface area (Å²) in [6.07, 6.45) is 3.88. The zero-order chi connectivity index (χ0) is 28.0. The summed E-state index contributed by atoms with van der Waals surface area (Å²) in [4.78, 5) is 75.7. The Balaban J connectivity index is 1.53. The van der Waals surface area contributed by atoms with E-state index in [9.17, 15) is 39.0 Å². The van der Waals surface area contributed by atoms with Gasteiger partial charge in [-0.1, -0.05) is 0 Å². The van der Waals surface area contributed by atoms with Crippen LogP contribution in [0.3, 0.4) is 0 Å². The zero-order valence-corrected chi connectivity index (χ0v) is 22.5. The number of likely N-dealkylation sites (tertiary alicyclic amines) is 2. The molecule has 15 heteroatoms. The highest BCUT2D eigenvalue weighted by atomic mass is 32.2. The lowest BCUT2D eigenvalue weighted by Gasteiger charge is -2.30. The molecule has 0 spiro atoms. The Morgan fingerprint density at radius 1 is 0.895 bits per heavy atom. The Labute approximate surface area is 227 Å². The maximum atomic E-state index is 12.8. The minimum Gasteiger partial charge on any atom is -0.548 e. The summed E-state index contributed by atoms with van der Waals surface area (Å²) in [6, 6.07) is -1.04. The van der Waals surface area contributed by atoms with Crippen LogP contribution >= 0.6 is 23.5 Å². The summed E-state index contributed by atoms with van der Waals surface area (Å²) >= 11 is 2.20. The van der Waals surface area contributed by atoms with Gasteiger partial charge in [-0.15, -0.1) is 11.8 Å². The van der Waals surface area contributed by atoms with Crippen LogP contribution in [0.4, 0.5) is 0 Å². The first-order valence-electron chi connectivity index (χ1n) is 11.8. The van der Waals surface area contributed by atoms with E-state index >= 15 is 0 Å². The molecule has 0 aliphatic carbocycles. The molecule has 3 heterocycles. The zero-order valence-electron chi connectivity index (χ0n) is 20.9. The predicted octanol–water partition coefficient (Wildman–Crippen LogP) is -3.59. The summed E-state index contributed by atoms with van der Waals surface area (Å²) in [5, 5.41) is 28.8. The smallest absolute Gasteiger partial charge is 0.268 e. The van der Waals surface area contributed by atoms with Crippen LogP contribution in [0.5, 0.6) is 0 Å². The van der Waals surface area contributed by atoms with Crippen molar-refractivity contribution in [1.29, 1.82) is 0 Å². The number of carbonyl (C=O) groups excluding carboxylic acids is 6. The van der Waals surface area contributed by atoms with Gasteiger partial charge in [-0.3, -0.25) is 19.2 Å². The van der Waals surface area contributed by atoms with E-state index in [-0.39, 0.29) is 49.1 Å². The Kier molecular flexibility index (Phi) is 10.1. The second-order valence-electron chi connectivity index (χ2n) is 8.96. The lowest BCUT2D eigenvalue weighted by atomic mass is 10.1. The van der Waals surface area contributed by atoms with Gasteiger partial charge in [-0.05, 0) is 31.2 Å². The molecular weight excluding hydrogens is 538 g/mol. The van der Waals surface area contributed by atoms with Crippen LogP contribution in [0.25, 0.3) is 0 Å². The highest BCUT2D eigenvalue weighted by molar-refractivity contribution is 8.00. The Bertz CT molecular complexity index is 1100. The molecule has 1 aromatic rings. The number of carbonyl (C=O) groups is 6. The lowest BCUT2D eigenvalue weighted by Crippen LogP contribution is -2.56. The van der Waals surface area contributed by atoms with Gasteiger partial charge in [-0.25, -0.2) is 0 Å². The van der Waals surface area contributed by atoms with Gasteiger partial charge in [0, 0.05) is 26.3 Å². The molecule has 0 radical (unpaired) electrons. The SMILES string of the molecule is CSCC(=O)N[C@H]1CCN(C(=O)CSCC(=O)N2CC[C@H](NC(=O)c3cccn3C)[C@H]2C(=O)[O-])[C@@H]1C(=O)[O-]. The number of thioether (sulfide) groups is 2. The van der Waals surface area contributed by atoms with Crippen LogP contribution in [0, 0.1) is 0 Å². The Hall–Kier alpha value is -3.20. The Morgan fingerprint density at radius 2 is 1.42 bits per heavy atom. The summed E-state index contributed by atoms with van der Waals surface area (Å²) < 4.78 is 1.58. The standard InChI is InChI=1S/C23H31N5O8S2/c1-26-7-3-4-15(26)21(32)25-14-6-9-28(20(14)23(35)36)18(31)12-38-11-17(30)27-8-5-13(19(27)22(33)34)24-16(29)10-37-2/h3-4,7,13-14,19-20H,5-6,8-12H2,1-2H3,(H,24,29)(H,25,32)(H,33,34)(H,35,36)/p-2/t13-,14-,19-,20-/m0/s1. The lowest BCUT2D eigenvalue weighted by molar-refractivity contribution is -0.312. The van der Waals surface area contributed by atoms with E-state index in [0.717, 1.165) is 21.6 Å². The van der Waals surface area contributed by atoms with Gasteiger partial charge >= 0.3 is 0 Å². The number of aromatic nitrogens is 1. The maximum Gasteiger partial charge on any atom is 0.268 e. The number of hydrogen-bond donors (Lipinski definition) is 2. The molecule has 3 rings (SSSR count). The normalized spacial score (nSPS) is 22.8. The third-order valence-electron chi connectivity index (χ3n) is 6.49. The molecule has 1 aromatic heterocycles. The fourth-order valence-corrected chi connectivity index (χ4v) is 5.87. The monoisotopic (exact) mass is 567 g/mol. The first-order valence-corrected chi connectivity index (χ1v) is 14.4. The molecule has 208 valence electrons. The van der Waals surface area contributed by atoms with Crippen molar-refractivity contribution in [3.63, 3.8) is 0 Å². The average molecular weight is 568 g/mol. The maximum absolute atomic E-state index is 12.8. The van der Waals surface area contributed by atoms with Crippen molar-refractivity contribution in [3.8, 4) is 0 Å². The molecule has 2 saturated heterocycles. The van der Waals surface area contributed by atoms with Crippen molar-refractivity contribution in [2.24, 2.45) is 7.05 Å². The fourth-order valence-electron chi connectivity index (χ4n) is 4.74. The number of nitrogens with zero attached hydrogens (tertiary/aromatic N) is 3. The highest BCUT2D eigenvalue weighted by Gasteiger charge is 2.40. The first kappa shape index (κ1) is 29.4. The molecule has 0 unspecified atom stereocenters. The van der Waals surface area contributed by atoms with Gasteiger partial charge in [0.1, 0.15) is 5.69 Å². The molecule has 13 nitrogen and oxygen atoms in total. The van der Waals surface area contributed by atoms with Crippen molar-refractivity contribution in [3.05, 3.63) is 24.0 Å². The molecular formula is C23H29N5O8S2-2. The molecule has 2 aliphatic heterocycles. The number of carboxylic acid groups (broad SMARTS) is 2. The van der Waals surface area contributed by atoms with E-state index in [1.54, 1.807) is 36.2 Å². The summed E-state index contributed by atoms with van der Waals surface area (Å²) in [5.41, 5.74) is 0.337. The van der Waals surface area contributed by atoms with Crippen LogP contribution in [0.15, 0.2) is 18.3 Å². The topological polar surface area (TPSA) is 184 Å². The molecule has 38 heavy (non-hydrogen) atoms. The fraction of sp³-hybridized carbons (Fsp3) is 0.565. The molecule has 4 atom stereocenters. The quantitative estimate of drug-likeness (QED) is 0.271. The van der Waals surface area contributed by atoms with Crippen molar-refractivity contribution >= 4 is 59.1 Å². The number of aryl methyl sites for hydroxylation is 1. The number of carboxylic acids is 2. The van der Waals surface area contributed by atoms with Crippen LogP contribution in [-0.2, 0) is 31.0 Å². The molecule has 2 N–H and O–H groups in total. The third-order valence-corrected chi connectivity index (χ3v) is 7.94. The van der Waals surface area contributed by atoms with Crippen molar-refractivity contribution in [2.45, 2.75) is 37.0 Å². The van der Waals surface area contributed by atoms with Crippen LogP contribution < -0.4 is 20.8 Å². The van der Waals surface area contributed by atoms with E-state index < -0.39 is 53.8 Å². The molecule has 0 saturated carbocycles. The summed E-state index contributed by atoms with van der Waals surface area (Å²) in [5.74, 6) is -5.18. The van der Waals surface area contributed by atoms with E-state index in [2.05, 4.69) is 10.6 Å². The summed E-state index contributed by atoms with van der Waals surface area (Å²) in [6.45, 7) is 0.192. The molecule has 2 fully saturated rings. The second-order valence-corrected chi connectivity index (χ2v) is 10.8. The second kappa shape index (κ2) is 13.0. The van der Waals surface area contributed by atoms with Crippen molar-refractivity contribution in [1.82, 2.24) is 25.0 Å². The number of amides is 4. The van der Waals surface area contributed by atoms with Crippen LogP contribution in [-0.4, -0.2) is 111 Å². The van der Waals surface area contributed by atoms with E-state index in [4.69, 9.17) is 0 Å². The van der Waals surface area contributed by atoms with Crippen LogP contribution in [0.2, 0.25) is 0 Å². The summed E-state index contributed by atoms with van der Waals surface area (Å²) in [7, 11) is 1.67. The number of hydrogen-bond acceptors (Lipinski definition) is 10. The average Bonchev–Trinajstić information content (AvgIpc) is 3.57. The molecule has 0 bridgehead atoms. The largest absolute Gasteiger partial charge is 0.548 e. The van der Waals surface area contributed by atoms with Gasteiger partial charge in [0.05, 0.1) is 53.4 Å². The van der Waals surface area contributed by atoms with Gasteiger partial charge in [0.2, 0.25) is 17.7 Å². The van der Waals surface area contributed by atoms with Gasteiger partial charge in [0.25, 0.3) is 5.91 Å². The van der Waals surface area contributed by atoms with Gasteiger partial charge < -0.3 is 44.8 Å². The molecule has 2 aliphatic rings. The Morgan fingerprint density at radius 3 is 1.87 bits per heavy atom. The van der Waals surface area contributed by atoms with Crippen LogP contribution in [0.1, 0.15) is 23.3 Å². The predicted molar refractivity (Wildman–Crippen MR) is 135 cm³/mol. The minimum absolute atomic E-state index is 0.0837. The first-order chi connectivity index (χ1) is 18.0. The molecule has 4 amide bonds. The van der Waals surface area contributed by atoms with Crippen molar-refractivity contribution in [2.75, 3.05) is 36.6 Å². The molecule has 0 aromatic carbocycles. The van der Waals surface area contributed by atoms with E-state index in [0.29, 0.717) is 5.69 Å². The van der Waals surface area contributed by atoms with Gasteiger partial charge in [-0.2, -0.15) is 11.8 Å². The van der Waals surface area contributed by atoms with Gasteiger partial charge in [0.15, 0.2) is 0 Å². The number of rotatable bonds is 11. The highest BCUT2D eigenvalue weighted by Crippen LogP contribution is 2.22.